The van der Waals surface area contributed by atoms with E-state index in [4.69, 9.17) is 0 Å². The Balaban J connectivity index is 0. The molecule has 0 aromatic heterocycles. The zero-order valence-electron chi connectivity index (χ0n) is 3.79. The van der Waals surface area contributed by atoms with E-state index >= 15 is 0 Å². The van der Waals surface area contributed by atoms with Gasteiger partial charge in [0.05, 0.1) is 0 Å². The molecule has 0 fully saturated rings. The molecular formula is C4H10Br-. The van der Waals surface area contributed by atoms with E-state index in [0.29, 0.717) is 0 Å². The summed E-state index contributed by atoms with van der Waals surface area (Å²) < 4.78 is 0. The number of halogens is 1. The highest BCUT2D eigenvalue weighted by Gasteiger charge is 1.56. The van der Waals surface area contributed by atoms with Gasteiger partial charge >= 0.3 is 0 Å². The van der Waals surface area contributed by atoms with Crippen LogP contribution in [0.25, 0.3) is 0 Å². The van der Waals surface area contributed by atoms with Crippen LogP contribution in [0.3, 0.4) is 0 Å². The Morgan fingerprint density at radius 3 is 1.20 bits per heavy atom. The third-order valence-corrected chi connectivity index (χ3v) is 0.500. The van der Waals surface area contributed by atoms with Crippen LogP contribution in [-0.2, 0) is 0 Å². The van der Waals surface area contributed by atoms with Crippen molar-refractivity contribution in [3.8, 4) is 0 Å². The monoisotopic (exact) mass is 137 g/mol. The Kier molecular flexibility index (Phi) is 16.0. The number of hydrogen-bond acceptors (Lipinski definition) is 0. The van der Waals surface area contributed by atoms with Crippen LogP contribution in [0.4, 0.5) is 0 Å². The predicted octanol–water partition coefficient (Wildman–Crippen LogP) is -1.19. The summed E-state index contributed by atoms with van der Waals surface area (Å²) in [6.07, 6.45) is 2.64. The van der Waals surface area contributed by atoms with Crippen LogP contribution in [-0.4, -0.2) is 0 Å². The van der Waals surface area contributed by atoms with Crippen LogP contribution in [0.2, 0.25) is 0 Å². The van der Waals surface area contributed by atoms with Crippen molar-refractivity contribution in [2.24, 2.45) is 0 Å². The molecule has 34 valence electrons. The first-order chi connectivity index (χ1) is 1.91. The Bertz CT molecular complexity index is 5.61. The predicted molar refractivity (Wildman–Crippen MR) is 20.6 cm³/mol. The van der Waals surface area contributed by atoms with Crippen LogP contribution in [0.1, 0.15) is 26.7 Å². The minimum Gasteiger partial charge on any atom is -1.00 e. The third-order valence-electron chi connectivity index (χ3n) is 0.500. The van der Waals surface area contributed by atoms with E-state index in [-0.39, 0.29) is 17.0 Å². The maximum Gasteiger partial charge on any atom is -0.0564 e. The molecule has 0 bridgehead atoms. The Morgan fingerprint density at radius 1 is 1.00 bits per heavy atom. The molecule has 0 nitrogen and oxygen atoms in total. The molecule has 0 rings (SSSR count). The summed E-state index contributed by atoms with van der Waals surface area (Å²) in [7, 11) is 0. The van der Waals surface area contributed by atoms with E-state index in [1.807, 2.05) is 0 Å². The molecule has 0 aromatic rings. The lowest BCUT2D eigenvalue weighted by Gasteiger charge is -1.68. The lowest BCUT2D eigenvalue weighted by atomic mass is 10.4. The molecule has 0 aliphatic heterocycles. The highest BCUT2D eigenvalue weighted by Crippen LogP contribution is 1.76. The highest BCUT2D eigenvalue weighted by molar-refractivity contribution is 4.12. The highest BCUT2D eigenvalue weighted by atomic mass is 79.9. The van der Waals surface area contributed by atoms with Crippen LogP contribution in [0, 0.1) is 0 Å². The average Bonchev–Trinajstić information content (AvgIpc) is 1.37. The minimum absolute atomic E-state index is 0. The zero-order chi connectivity index (χ0) is 3.41. The second-order valence-electron chi connectivity index (χ2n) is 1.000. The molecule has 1 heteroatoms. The maximum absolute atomic E-state index is 2.18. The summed E-state index contributed by atoms with van der Waals surface area (Å²) in [6.45, 7) is 4.36. The Morgan fingerprint density at radius 2 is 1.20 bits per heavy atom. The van der Waals surface area contributed by atoms with Gasteiger partial charge in [-0.2, -0.15) is 0 Å². The smallest absolute Gasteiger partial charge is 0.0564 e. The minimum atomic E-state index is 0. The van der Waals surface area contributed by atoms with Gasteiger partial charge in [0.15, 0.2) is 0 Å². The lowest BCUT2D eigenvalue weighted by Crippen LogP contribution is -3.00. The SMILES string of the molecule is CCCC.[Br-]. The van der Waals surface area contributed by atoms with Crippen molar-refractivity contribution in [3.05, 3.63) is 0 Å². The lowest BCUT2D eigenvalue weighted by molar-refractivity contribution is -0.00000103. The van der Waals surface area contributed by atoms with Gasteiger partial charge in [0.1, 0.15) is 0 Å². The average molecular weight is 138 g/mol. The molecular weight excluding hydrogens is 128 g/mol. The van der Waals surface area contributed by atoms with Crippen molar-refractivity contribution in [2.45, 2.75) is 26.7 Å². The third kappa shape index (κ3) is 12.6. The summed E-state index contributed by atoms with van der Waals surface area (Å²) in [6, 6.07) is 0. The van der Waals surface area contributed by atoms with E-state index in [2.05, 4.69) is 13.8 Å². The second kappa shape index (κ2) is 8.82. The molecule has 0 aliphatic rings. The summed E-state index contributed by atoms with van der Waals surface area (Å²) >= 11 is 0. The van der Waals surface area contributed by atoms with Crippen molar-refractivity contribution in [1.29, 1.82) is 0 Å². The van der Waals surface area contributed by atoms with Gasteiger partial charge in [0.2, 0.25) is 0 Å². The van der Waals surface area contributed by atoms with Gasteiger partial charge in [0.25, 0.3) is 0 Å². The molecule has 0 radical (unpaired) electrons. The van der Waals surface area contributed by atoms with Crippen LogP contribution in [0.15, 0.2) is 0 Å². The maximum atomic E-state index is 2.18. The number of rotatable bonds is 1. The fourth-order valence-electron chi connectivity index (χ4n) is 0. The van der Waals surface area contributed by atoms with Crippen molar-refractivity contribution in [3.63, 3.8) is 0 Å². The summed E-state index contributed by atoms with van der Waals surface area (Å²) in [5.41, 5.74) is 0. The first kappa shape index (κ1) is 9.08. The first-order valence-corrected chi connectivity index (χ1v) is 1.91. The second-order valence-corrected chi connectivity index (χ2v) is 1.000. The van der Waals surface area contributed by atoms with Crippen molar-refractivity contribution < 1.29 is 17.0 Å². The van der Waals surface area contributed by atoms with E-state index in [1.165, 1.54) is 12.8 Å². The van der Waals surface area contributed by atoms with Gasteiger partial charge in [-0.05, 0) is 0 Å². The topological polar surface area (TPSA) is 0 Å². The molecule has 0 amide bonds. The Labute approximate surface area is 44.3 Å². The van der Waals surface area contributed by atoms with Crippen molar-refractivity contribution in [1.82, 2.24) is 0 Å². The molecule has 0 heterocycles. The van der Waals surface area contributed by atoms with Gasteiger partial charge < -0.3 is 17.0 Å². The summed E-state index contributed by atoms with van der Waals surface area (Å²) in [4.78, 5) is 0. The van der Waals surface area contributed by atoms with Gasteiger partial charge in [-0.1, -0.05) is 26.7 Å². The molecule has 0 aliphatic carbocycles. The van der Waals surface area contributed by atoms with Gasteiger partial charge in [0, 0.05) is 0 Å². The fraction of sp³-hybridized carbons (Fsp3) is 1.00. The number of hydrogen-bond donors (Lipinski definition) is 0. The van der Waals surface area contributed by atoms with Crippen LogP contribution < -0.4 is 17.0 Å². The quantitative estimate of drug-likeness (QED) is 0.427. The van der Waals surface area contributed by atoms with Gasteiger partial charge in [-0.3, -0.25) is 0 Å². The molecule has 0 saturated carbocycles. The van der Waals surface area contributed by atoms with E-state index in [0.717, 1.165) is 0 Å². The van der Waals surface area contributed by atoms with Crippen LogP contribution >= 0.6 is 0 Å². The molecule has 0 unspecified atom stereocenters. The fourth-order valence-corrected chi connectivity index (χ4v) is 0. The van der Waals surface area contributed by atoms with Crippen molar-refractivity contribution >= 4 is 0 Å². The van der Waals surface area contributed by atoms with Gasteiger partial charge in [-0.15, -0.1) is 0 Å². The molecule has 0 atom stereocenters. The van der Waals surface area contributed by atoms with Gasteiger partial charge in [-0.25, -0.2) is 0 Å². The van der Waals surface area contributed by atoms with E-state index in [1.54, 1.807) is 0 Å². The molecule has 0 aromatic carbocycles. The summed E-state index contributed by atoms with van der Waals surface area (Å²) in [5.74, 6) is 0. The first-order valence-electron chi connectivity index (χ1n) is 1.91. The van der Waals surface area contributed by atoms with Crippen molar-refractivity contribution in [2.75, 3.05) is 0 Å². The largest absolute Gasteiger partial charge is 1.00 e. The zero-order valence-corrected chi connectivity index (χ0v) is 5.38. The Hall–Kier alpha value is 0.480. The standard InChI is InChI=1S/C4H10.BrH/c1-3-4-2;/h3-4H2,1-2H3;1H/p-1. The van der Waals surface area contributed by atoms with E-state index < -0.39 is 0 Å². The molecule has 0 spiro atoms. The number of unbranched alkanes of at least 4 members (excludes halogenated alkanes) is 1. The van der Waals surface area contributed by atoms with E-state index in [9.17, 15) is 0 Å². The molecule has 0 N–H and O–H groups in total. The molecule has 5 heavy (non-hydrogen) atoms. The van der Waals surface area contributed by atoms with Crippen LogP contribution in [0.5, 0.6) is 0 Å². The molecule has 0 saturated heterocycles. The summed E-state index contributed by atoms with van der Waals surface area (Å²) in [5, 5.41) is 0. The normalized spacial score (nSPS) is 6.00.